The highest BCUT2D eigenvalue weighted by Gasteiger charge is 2.10. The van der Waals surface area contributed by atoms with Crippen molar-refractivity contribution in [3.63, 3.8) is 0 Å². The third-order valence-electron chi connectivity index (χ3n) is 1.95. The van der Waals surface area contributed by atoms with Crippen molar-refractivity contribution in [3.8, 4) is 23.2 Å². The minimum absolute atomic E-state index is 0.0162. The van der Waals surface area contributed by atoms with Crippen LogP contribution in [0.5, 0.6) is 0 Å². The summed E-state index contributed by atoms with van der Waals surface area (Å²) in [6, 6.07) is 1.73. The first-order chi connectivity index (χ1) is 8.79. The van der Waals surface area contributed by atoms with Crippen LogP contribution in [0.25, 0.3) is 10.8 Å². The maximum absolute atomic E-state index is 11.3. The number of terminal acetylenes is 1. The molecule has 0 aromatic carbocycles. The van der Waals surface area contributed by atoms with Crippen molar-refractivity contribution in [1.29, 1.82) is 0 Å². The van der Waals surface area contributed by atoms with Crippen molar-refractivity contribution in [2.75, 3.05) is 6.61 Å². The molecule has 0 amide bonds. The molecule has 0 fully saturated rings. The number of carbonyl (C=O) groups is 1. The SMILES string of the molecule is C#CCOC(=O)Cc1csc(-c2ncccn2)n1. The Bertz CT molecular complexity index is 575. The molecule has 0 bridgehead atoms. The minimum Gasteiger partial charge on any atom is -0.452 e. The molecule has 0 aliphatic heterocycles. The molecule has 18 heavy (non-hydrogen) atoms. The summed E-state index contributed by atoms with van der Waals surface area (Å²) in [6.07, 6.45) is 8.38. The van der Waals surface area contributed by atoms with E-state index in [1.54, 1.807) is 23.8 Å². The van der Waals surface area contributed by atoms with Gasteiger partial charge in [0.25, 0.3) is 0 Å². The summed E-state index contributed by atoms with van der Waals surface area (Å²) in [5, 5.41) is 2.46. The molecule has 2 aromatic heterocycles. The van der Waals surface area contributed by atoms with E-state index in [1.807, 2.05) is 0 Å². The van der Waals surface area contributed by atoms with Gasteiger partial charge in [-0.2, -0.15) is 0 Å². The van der Waals surface area contributed by atoms with Crippen molar-refractivity contribution >= 4 is 17.3 Å². The predicted molar refractivity (Wildman–Crippen MR) is 66.6 cm³/mol. The van der Waals surface area contributed by atoms with Crippen LogP contribution in [0.15, 0.2) is 23.8 Å². The largest absolute Gasteiger partial charge is 0.452 e. The summed E-state index contributed by atoms with van der Waals surface area (Å²) in [5.74, 6) is 2.39. The van der Waals surface area contributed by atoms with Gasteiger partial charge in [-0.3, -0.25) is 4.79 Å². The van der Waals surface area contributed by atoms with Crippen LogP contribution in [0.3, 0.4) is 0 Å². The molecule has 0 aliphatic carbocycles. The Labute approximate surface area is 108 Å². The lowest BCUT2D eigenvalue weighted by Crippen LogP contribution is -2.08. The molecule has 2 rings (SSSR count). The zero-order chi connectivity index (χ0) is 12.8. The molecule has 6 heteroatoms. The Balaban J connectivity index is 2.03. The summed E-state index contributed by atoms with van der Waals surface area (Å²) >= 11 is 1.38. The Morgan fingerprint density at radius 1 is 1.44 bits per heavy atom. The fourth-order valence-electron chi connectivity index (χ4n) is 1.22. The number of esters is 1. The Morgan fingerprint density at radius 3 is 2.94 bits per heavy atom. The highest BCUT2D eigenvalue weighted by atomic mass is 32.1. The van der Waals surface area contributed by atoms with Gasteiger partial charge >= 0.3 is 5.97 Å². The average Bonchev–Trinajstić information content (AvgIpc) is 2.86. The van der Waals surface area contributed by atoms with E-state index in [9.17, 15) is 4.79 Å². The fourth-order valence-corrected chi connectivity index (χ4v) is 1.99. The topological polar surface area (TPSA) is 65.0 Å². The Kier molecular flexibility index (Phi) is 3.99. The summed E-state index contributed by atoms with van der Waals surface area (Å²) < 4.78 is 4.77. The molecule has 2 heterocycles. The van der Waals surface area contributed by atoms with Gasteiger partial charge in [0.1, 0.15) is 0 Å². The molecule has 0 unspecified atom stereocenters. The van der Waals surface area contributed by atoms with E-state index in [2.05, 4.69) is 20.9 Å². The zero-order valence-electron chi connectivity index (χ0n) is 9.37. The zero-order valence-corrected chi connectivity index (χ0v) is 10.2. The lowest BCUT2D eigenvalue weighted by atomic mass is 10.3. The van der Waals surface area contributed by atoms with Gasteiger partial charge in [0.05, 0.1) is 12.1 Å². The summed E-state index contributed by atoms with van der Waals surface area (Å²) in [5.41, 5.74) is 0.629. The molecule has 2 aromatic rings. The van der Waals surface area contributed by atoms with E-state index in [4.69, 9.17) is 11.2 Å². The van der Waals surface area contributed by atoms with Gasteiger partial charge in [-0.05, 0) is 6.07 Å². The number of thiazole rings is 1. The Morgan fingerprint density at radius 2 is 2.22 bits per heavy atom. The van der Waals surface area contributed by atoms with Crippen molar-refractivity contribution in [2.45, 2.75) is 6.42 Å². The van der Waals surface area contributed by atoms with Crippen molar-refractivity contribution in [3.05, 3.63) is 29.5 Å². The highest BCUT2D eigenvalue weighted by Crippen LogP contribution is 2.19. The van der Waals surface area contributed by atoms with E-state index >= 15 is 0 Å². The average molecular weight is 259 g/mol. The van der Waals surface area contributed by atoms with Crippen LogP contribution in [0, 0.1) is 12.3 Å². The monoisotopic (exact) mass is 259 g/mol. The number of carbonyl (C=O) groups excluding carboxylic acids is 1. The molecular weight excluding hydrogens is 250 g/mol. The van der Waals surface area contributed by atoms with Crippen molar-refractivity contribution in [1.82, 2.24) is 15.0 Å². The second-order valence-electron chi connectivity index (χ2n) is 3.26. The maximum atomic E-state index is 11.3. The third kappa shape index (κ3) is 3.12. The third-order valence-corrected chi connectivity index (χ3v) is 2.84. The number of ether oxygens (including phenoxy) is 1. The maximum Gasteiger partial charge on any atom is 0.312 e. The molecule has 0 spiro atoms. The summed E-state index contributed by atoms with van der Waals surface area (Å²) in [4.78, 5) is 23.8. The fraction of sp³-hybridized carbons (Fsp3) is 0.167. The van der Waals surface area contributed by atoms with E-state index in [0.717, 1.165) is 0 Å². The lowest BCUT2D eigenvalue weighted by molar-refractivity contribution is -0.141. The first-order valence-corrected chi connectivity index (χ1v) is 5.98. The summed E-state index contributed by atoms with van der Waals surface area (Å²) in [6.45, 7) is -0.0162. The van der Waals surface area contributed by atoms with Gasteiger partial charge in [0.2, 0.25) is 0 Å². The molecule has 0 saturated carbocycles. The van der Waals surface area contributed by atoms with Crippen molar-refractivity contribution < 1.29 is 9.53 Å². The van der Waals surface area contributed by atoms with Crippen LogP contribution in [-0.4, -0.2) is 27.5 Å². The second kappa shape index (κ2) is 5.89. The number of aromatic nitrogens is 3. The number of hydrogen-bond donors (Lipinski definition) is 0. The first kappa shape index (κ1) is 12.2. The van der Waals surface area contributed by atoms with Gasteiger partial charge in [0, 0.05) is 17.8 Å². The smallest absolute Gasteiger partial charge is 0.312 e. The van der Waals surface area contributed by atoms with Gasteiger partial charge < -0.3 is 4.74 Å². The van der Waals surface area contributed by atoms with Crippen LogP contribution < -0.4 is 0 Å². The normalized spacial score (nSPS) is 9.72. The molecule has 0 radical (unpaired) electrons. The highest BCUT2D eigenvalue weighted by molar-refractivity contribution is 7.13. The molecule has 90 valence electrons. The standard InChI is InChI=1S/C12H9N3O2S/c1-2-6-17-10(16)7-9-8-18-12(15-9)11-13-4-3-5-14-11/h1,3-5,8H,6-7H2. The molecule has 0 aliphatic rings. The first-order valence-electron chi connectivity index (χ1n) is 5.10. The number of hydrogen-bond acceptors (Lipinski definition) is 6. The van der Waals surface area contributed by atoms with E-state index in [0.29, 0.717) is 16.5 Å². The molecule has 0 atom stereocenters. The molecule has 0 saturated heterocycles. The van der Waals surface area contributed by atoms with Crippen LogP contribution in [0.1, 0.15) is 5.69 Å². The minimum atomic E-state index is -0.390. The van der Waals surface area contributed by atoms with Gasteiger partial charge in [-0.25, -0.2) is 15.0 Å². The van der Waals surface area contributed by atoms with Gasteiger partial charge in [-0.15, -0.1) is 17.8 Å². The van der Waals surface area contributed by atoms with E-state index in [1.165, 1.54) is 11.3 Å². The summed E-state index contributed by atoms with van der Waals surface area (Å²) in [7, 11) is 0. The predicted octanol–water partition coefficient (Wildman–Crippen LogP) is 1.32. The number of nitrogens with zero attached hydrogens (tertiary/aromatic N) is 3. The van der Waals surface area contributed by atoms with Crippen LogP contribution >= 0.6 is 11.3 Å². The van der Waals surface area contributed by atoms with Gasteiger partial charge in [-0.1, -0.05) is 5.92 Å². The van der Waals surface area contributed by atoms with E-state index < -0.39 is 5.97 Å². The molecular formula is C12H9N3O2S. The molecule has 5 nitrogen and oxygen atoms in total. The van der Waals surface area contributed by atoms with E-state index in [-0.39, 0.29) is 13.0 Å². The quantitative estimate of drug-likeness (QED) is 0.612. The van der Waals surface area contributed by atoms with Crippen LogP contribution in [0.2, 0.25) is 0 Å². The Hall–Kier alpha value is -2.26. The number of rotatable bonds is 4. The second-order valence-corrected chi connectivity index (χ2v) is 4.12. The lowest BCUT2D eigenvalue weighted by Gasteiger charge is -1.97. The van der Waals surface area contributed by atoms with Gasteiger partial charge in [0.15, 0.2) is 17.4 Å². The van der Waals surface area contributed by atoms with Crippen LogP contribution in [-0.2, 0) is 16.0 Å². The molecule has 0 N–H and O–H groups in total. The van der Waals surface area contributed by atoms with Crippen molar-refractivity contribution in [2.24, 2.45) is 0 Å². The van der Waals surface area contributed by atoms with Crippen LogP contribution in [0.4, 0.5) is 0 Å².